The van der Waals surface area contributed by atoms with E-state index in [1.807, 2.05) is 11.5 Å². The Balaban J connectivity index is 2.31. The van der Waals surface area contributed by atoms with Crippen molar-refractivity contribution in [1.29, 1.82) is 0 Å². The van der Waals surface area contributed by atoms with Crippen LogP contribution in [-0.2, 0) is 20.6 Å². The van der Waals surface area contributed by atoms with Gasteiger partial charge in [-0.2, -0.15) is 4.98 Å². The summed E-state index contributed by atoms with van der Waals surface area (Å²) in [5.41, 5.74) is 0.265. The quantitative estimate of drug-likeness (QED) is 0.747. The molecule has 0 N–H and O–H groups in total. The van der Waals surface area contributed by atoms with Gasteiger partial charge in [0, 0.05) is 39.1 Å². The largest absolute Gasteiger partial charge is 0.341 e. The molecule has 1 aliphatic heterocycles. The molecule has 1 atom stereocenters. The number of imidazole rings is 1. The lowest BCUT2D eigenvalue weighted by Crippen LogP contribution is -2.38. The van der Waals surface area contributed by atoms with E-state index in [2.05, 4.69) is 9.88 Å². The highest BCUT2D eigenvalue weighted by Gasteiger charge is 2.25. The van der Waals surface area contributed by atoms with Gasteiger partial charge in [-0.3, -0.25) is 13.9 Å². The van der Waals surface area contributed by atoms with E-state index in [1.54, 1.807) is 7.05 Å². The summed E-state index contributed by atoms with van der Waals surface area (Å²) in [6, 6.07) is 0. The molecule has 21 heavy (non-hydrogen) atoms. The maximum Gasteiger partial charge on any atom is 0.332 e. The van der Waals surface area contributed by atoms with E-state index in [0.29, 0.717) is 17.7 Å². The maximum absolute atomic E-state index is 12.4. The molecule has 8 heteroatoms. The van der Waals surface area contributed by atoms with Gasteiger partial charge in [-0.25, -0.2) is 4.79 Å². The normalized spacial score (nSPS) is 16.3. The number of hydrogen-bond donors (Lipinski definition) is 0. The van der Waals surface area contributed by atoms with Crippen LogP contribution in [0.5, 0.6) is 0 Å². The van der Waals surface area contributed by atoms with Crippen LogP contribution < -0.4 is 16.1 Å². The van der Waals surface area contributed by atoms with Gasteiger partial charge in [0.05, 0.1) is 0 Å². The van der Waals surface area contributed by atoms with E-state index < -0.39 is 0 Å². The van der Waals surface area contributed by atoms with Gasteiger partial charge >= 0.3 is 5.69 Å². The smallest absolute Gasteiger partial charge is 0.332 e. The fourth-order valence-corrected chi connectivity index (χ4v) is 3.05. The summed E-state index contributed by atoms with van der Waals surface area (Å²) in [4.78, 5) is 31.0. The van der Waals surface area contributed by atoms with E-state index >= 15 is 0 Å². The molecule has 2 aromatic heterocycles. The Kier molecular flexibility index (Phi) is 3.32. The van der Waals surface area contributed by atoms with E-state index in [4.69, 9.17) is 11.6 Å². The molecule has 0 fully saturated rings. The molecular weight excluding hydrogens is 294 g/mol. The zero-order valence-corrected chi connectivity index (χ0v) is 13.1. The van der Waals surface area contributed by atoms with Crippen molar-refractivity contribution in [1.82, 2.24) is 18.7 Å². The molecule has 0 saturated carbocycles. The number of hydrogen-bond acceptors (Lipinski definition) is 4. The average molecular weight is 312 g/mol. The van der Waals surface area contributed by atoms with Crippen LogP contribution in [-0.4, -0.2) is 37.2 Å². The first-order valence-electron chi connectivity index (χ1n) is 6.97. The van der Waals surface area contributed by atoms with Crippen molar-refractivity contribution in [3.63, 3.8) is 0 Å². The van der Waals surface area contributed by atoms with Gasteiger partial charge < -0.3 is 9.47 Å². The van der Waals surface area contributed by atoms with E-state index in [9.17, 15) is 9.59 Å². The van der Waals surface area contributed by atoms with Crippen LogP contribution in [0, 0.1) is 0 Å². The SMILES string of the molecule is C[C@@H](Cl)CN1CCCn2c1nc1c2c(=O)n(C)c(=O)n1C. The summed E-state index contributed by atoms with van der Waals surface area (Å²) in [5.74, 6) is 0.724. The zero-order valence-electron chi connectivity index (χ0n) is 12.3. The van der Waals surface area contributed by atoms with Crippen molar-refractivity contribution in [3.05, 3.63) is 20.8 Å². The van der Waals surface area contributed by atoms with Crippen molar-refractivity contribution >= 4 is 28.7 Å². The molecule has 3 rings (SSSR count). The number of halogens is 1. The van der Waals surface area contributed by atoms with Gasteiger partial charge in [0.25, 0.3) is 5.56 Å². The molecule has 0 aromatic carbocycles. The van der Waals surface area contributed by atoms with Gasteiger partial charge in [-0.15, -0.1) is 11.6 Å². The number of aromatic nitrogens is 4. The van der Waals surface area contributed by atoms with Crippen LogP contribution in [0.1, 0.15) is 13.3 Å². The summed E-state index contributed by atoms with van der Waals surface area (Å²) in [5, 5.41) is -0.0111. The fourth-order valence-electron chi connectivity index (χ4n) is 2.88. The summed E-state index contributed by atoms with van der Waals surface area (Å²) in [6.45, 7) is 4.18. The van der Waals surface area contributed by atoms with Gasteiger partial charge in [0.2, 0.25) is 5.95 Å². The molecule has 0 bridgehead atoms. The first-order valence-corrected chi connectivity index (χ1v) is 7.40. The van der Waals surface area contributed by atoms with Crippen LogP contribution in [0.15, 0.2) is 9.59 Å². The van der Waals surface area contributed by atoms with Crippen LogP contribution in [0.3, 0.4) is 0 Å². The molecule has 0 saturated heterocycles. The lowest BCUT2D eigenvalue weighted by molar-refractivity contribution is 0.562. The Labute approximate surface area is 126 Å². The third-order valence-corrected chi connectivity index (χ3v) is 4.03. The average Bonchev–Trinajstić information content (AvgIpc) is 2.83. The molecule has 1 aliphatic rings. The maximum atomic E-state index is 12.4. The number of nitrogens with zero attached hydrogens (tertiary/aromatic N) is 5. The van der Waals surface area contributed by atoms with Crippen molar-refractivity contribution in [2.75, 3.05) is 18.0 Å². The first kappa shape index (κ1) is 14.2. The van der Waals surface area contributed by atoms with Gasteiger partial charge in [0.15, 0.2) is 11.2 Å². The topological polar surface area (TPSA) is 65.1 Å². The van der Waals surface area contributed by atoms with Gasteiger partial charge in [-0.1, -0.05) is 0 Å². The lowest BCUT2D eigenvalue weighted by Gasteiger charge is -2.29. The second kappa shape index (κ2) is 4.91. The van der Waals surface area contributed by atoms with Crippen molar-refractivity contribution in [3.8, 4) is 0 Å². The Bertz CT molecular complexity index is 817. The summed E-state index contributed by atoms with van der Waals surface area (Å²) in [6.07, 6.45) is 0.925. The number of aryl methyl sites for hydroxylation is 2. The molecule has 114 valence electrons. The molecule has 0 unspecified atom stereocenters. The second-order valence-corrected chi connectivity index (χ2v) is 6.27. The van der Waals surface area contributed by atoms with Crippen molar-refractivity contribution < 1.29 is 0 Å². The van der Waals surface area contributed by atoms with Crippen LogP contribution in [0.2, 0.25) is 0 Å². The van der Waals surface area contributed by atoms with Crippen molar-refractivity contribution in [2.24, 2.45) is 14.1 Å². The predicted octanol–water partition coefficient (Wildman–Crippen LogP) is 0.271. The molecule has 0 radical (unpaired) electrons. The molecule has 3 heterocycles. The fraction of sp³-hybridized carbons (Fsp3) is 0.615. The lowest BCUT2D eigenvalue weighted by atomic mass is 10.3. The Morgan fingerprint density at radius 3 is 2.62 bits per heavy atom. The summed E-state index contributed by atoms with van der Waals surface area (Å²) >= 11 is 6.09. The van der Waals surface area contributed by atoms with Crippen LogP contribution in [0.4, 0.5) is 5.95 Å². The monoisotopic (exact) mass is 311 g/mol. The number of anilines is 1. The Morgan fingerprint density at radius 2 is 1.95 bits per heavy atom. The second-order valence-electron chi connectivity index (χ2n) is 5.52. The molecule has 7 nitrogen and oxygen atoms in total. The molecule has 2 aromatic rings. The molecular formula is C13H18ClN5O2. The molecule has 0 amide bonds. The minimum atomic E-state index is -0.361. The Morgan fingerprint density at radius 1 is 1.24 bits per heavy atom. The minimum absolute atomic E-state index is 0.0111. The molecule has 0 spiro atoms. The van der Waals surface area contributed by atoms with Crippen LogP contribution >= 0.6 is 11.6 Å². The highest BCUT2D eigenvalue weighted by atomic mass is 35.5. The third kappa shape index (κ3) is 2.07. The van der Waals surface area contributed by atoms with Crippen LogP contribution in [0.25, 0.3) is 11.2 Å². The highest BCUT2D eigenvalue weighted by Crippen LogP contribution is 2.24. The zero-order chi connectivity index (χ0) is 15.3. The summed E-state index contributed by atoms with van der Waals surface area (Å²) < 4.78 is 4.45. The van der Waals surface area contributed by atoms with E-state index in [1.165, 1.54) is 11.6 Å². The van der Waals surface area contributed by atoms with E-state index in [0.717, 1.165) is 30.0 Å². The molecule has 0 aliphatic carbocycles. The summed E-state index contributed by atoms with van der Waals surface area (Å²) in [7, 11) is 3.13. The number of rotatable bonds is 2. The standard InChI is InChI=1S/C13H18ClN5O2/c1-8(14)7-18-5-4-6-19-9-10(15-12(18)19)16(2)13(21)17(3)11(9)20/h8H,4-7H2,1-3H3/t8-/m1/s1. The Hall–Kier alpha value is -1.76. The van der Waals surface area contributed by atoms with E-state index in [-0.39, 0.29) is 16.6 Å². The number of alkyl halides is 1. The van der Waals surface area contributed by atoms with Gasteiger partial charge in [0.1, 0.15) is 0 Å². The number of fused-ring (bicyclic) bond motifs is 3. The van der Waals surface area contributed by atoms with Gasteiger partial charge in [-0.05, 0) is 13.3 Å². The van der Waals surface area contributed by atoms with Crippen molar-refractivity contribution in [2.45, 2.75) is 25.3 Å². The first-order chi connectivity index (χ1) is 9.91. The third-order valence-electron chi connectivity index (χ3n) is 3.89. The highest BCUT2D eigenvalue weighted by molar-refractivity contribution is 6.20. The predicted molar refractivity (Wildman–Crippen MR) is 82.4 cm³/mol. The minimum Gasteiger partial charge on any atom is -0.341 e.